The minimum atomic E-state index is -1.36. The van der Waals surface area contributed by atoms with Crippen LogP contribution in [-0.4, -0.2) is 8.07 Å². The van der Waals surface area contributed by atoms with Gasteiger partial charge >= 0.3 is 0 Å². The Kier molecular flexibility index (Phi) is 4.67. The summed E-state index contributed by atoms with van der Waals surface area (Å²) in [5, 5.41) is 3.49. The Morgan fingerprint density at radius 1 is 1.00 bits per heavy atom. The molecule has 0 amide bonds. The van der Waals surface area contributed by atoms with Gasteiger partial charge in [0.15, 0.2) is 0 Å². The summed E-state index contributed by atoms with van der Waals surface area (Å²) in [6.45, 7) is 9.63. The van der Waals surface area contributed by atoms with Crippen LogP contribution in [0.15, 0.2) is 45.8 Å². The predicted octanol–water partition coefficient (Wildman–Crippen LogP) is 5.89. The first kappa shape index (κ1) is 14.6. The van der Waals surface area contributed by atoms with Crippen LogP contribution in [0.1, 0.15) is 52.4 Å². The third-order valence-electron chi connectivity index (χ3n) is 4.60. The highest BCUT2D eigenvalue weighted by atomic mass is 28.3. The van der Waals surface area contributed by atoms with Crippen molar-refractivity contribution in [1.82, 2.24) is 0 Å². The standard InChI is InChI=1S/C18H28Si/c1-5-7-15-9-11-17(13-15)19(3,4)18-12-10-16(14-18)8-6-2/h9-11,14H,5-8,12-13H2,1-4H3. The fourth-order valence-electron chi connectivity index (χ4n) is 3.19. The van der Waals surface area contributed by atoms with Crippen LogP contribution in [0.4, 0.5) is 0 Å². The predicted molar refractivity (Wildman–Crippen MR) is 88.9 cm³/mol. The first-order valence-corrected chi connectivity index (χ1v) is 10.9. The maximum atomic E-state index is 2.54. The lowest BCUT2D eigenvalue weighted by Crippen LogP contribution is -2.31. The van der Waals surface area contributed by atoms with Crippen LogP contribution >= 0.6 is 0 Å². The van der Waals surface area contributed by atoms with Gasteiger partial charge in [0.25, 0.3) is 0 Å². The number of hydrogen-bond acceptors (Lipinski definition) is 0. The molecule has 0 heterocycles. The first-order valence-electron chi connectivity index (χ1n) is 7.87. The van der Waals surface area contributed by atoms with Crippen LogP contribution in [0.3, 0.4) is 0 Å². The van der Waals surface area contributed by atoms with Crippen molar-refractivity contribution in [3.8, 4) is 0 Å². The number of allylic oxidation sites excluding steroid dienone is 8. The summed E-state index contributed by atoms with van der Waals surface area (Å²) in [4.78, 5) is 0. The Morgan fingerprint density at radius 3 is 2.42 bits per heavy atom. The van der Waals surface area contributed by atoms with E-state index in [1.165, 1.54) is 38.5 Å². The van der Waals surface area contributed by atoms with Crippen molar-refractivity contribution in [2.45, 2.75) is 65.5 Å². The van der Waals surface area contributed by atoms with E-state index >= 15 is 0 Å². The molecular formula is C18H28Si. The van der Waals surface area contributed by atoms with Crippen molar-refractivity contribution in [2.24, 2.45) is 0 Å². The molecule has 19 heavy (non-hydrogen) atoms. The van der Waals surface area contributed by atoms with E-state index in [9.17, 15) is 0 Å². The second kappa shape index (κ2) is 6.09. The molecule has 104 valence electrons. The molecule has 0 N–H and O–H groups in total. The Balaban J connectivity index is 2.03. The molecule has 2 aliphatic carbocycles. The molecule has 0 aromatic heterocycles. The monoisotopic (exact) mass is 272 g/mol. The van der Waals surface area contributed by atoms with Gasteiger partial charge in [-0.1, -0.05) is 85.6 Å². The molecule has 1 heteroatoms. The smallest absolute Gasteiger partial charge is 0.0776 e. The lowest BCUT2D eigenvalue weighted by atomic mass is 10.1. The molecular weight excluding hydrogens is 244 g/mol. The molecule has 0 nitrogen and oxygen atoms in total. The second-order valence-electron chi connectivity index (χ2n) is 6.47. The van der Waals surface area contributed by atoms with Crippen LogP contribution < -0.4 is 0 Å². The molecule has 0 saturated carbocycles. The highest BCUT2D eigenvalue weighted by Gasteiger charge is 2.32. The highest BCUT2D eigenvalue weighted by molar-refractivity contribution is 6.90. The summed E-state index contributed by atoms with van der Waals surface area (Å²) in [5.41, 5.74) is 3.23. The lowest BCUT2D eigenvalue weighted by molar-refractivity contribution is 0.883. The zero-order valence-corrected chi connectivity index (χ0v) is 14.1. The SMILES string of the molecule is CCCC1=CCC([Si](C)(C)C2=CC=C(CCC)C2)=C1. The minimum absolute atomic E-state index is 1.22. The Labute approximate surface area is 120 Å². The van der Waals surface area contributed by atoms with Gasteiger partial charge < -0.3 is 0 Å². The third-order valence-corrected chi connectivity index (χ3v) is 8.50. The molecule has 0 radical (unpaired) electrons. The van der Waals surface area contributed by atoms with Gasteiger partial charge in [0.1, 0.15) is 8.07 Å². The van der Waals surface area contributed by atoms with Gasteiger partial charge in [-0.05, 0) is 25.7 Å². The van der Waals surface area contributed by atoms with E-state index < -0.39 is 8.07 Å². The summed E-state index contributed by atoms with van der Waals surface area (Å²) < 4.78 is 0. The minimum Gasteiger partial charge on any atom is -0.0776 e. The van der Waals surface area contributed by atoms with Gasteiger partial charge in [0.2, 0.25) is 0 Å². The largest absolute Gasteiger partial charge is 0.103 e. The molecule has 2 rings (SSSR count). The highest BCUT2D eigenvalue weighted by Crippen LogP contribution is 2.37. The third kappa shape index (κ3) is 3.20. The second-order valence-corrected chi connectivity index (χ2v) is 11.0. The van der Waals surface area contributed by atoms with Gasteiger partial charge in [0, 0.05) is 0 Å². The average molecular weight is 273 g/mol. The van der Waals surface area contributed by atoms with Gasteiger partial charge in [-0.2, -0.15) is 0 Å². The van der Waals surface area contributed by atoms with Crippen molar-refractivity contribution < 1.29 is 0 Å². The summed E-state index contributed by atoms with van der Waals surface area (Å²) in [6.07, 6.45) is 17.4. The average Bonchev–Trinajstić information content (AvgIpc) is 2.99. The van der Waals surface area contributed by atoms with E-state index in [-0.39, 0.29) is 0 Å². The van der Waals surface area contributed by atoms with Crippen molar-refractivity contribution in [2.75, 3.05) is 0 Å². The molecule has 0 atom stereocenters. The zero-order valence-electron chi connectivity index (χ0n) is 13.1. The molecule has 0 aromatic carbocycles. The maximum absolute atomic E-state index is 2.54. The quantitative estimate of drug-likeness (QED) is 0.529. The van der Waals surface area contributed by atoms with Crippen molar-refractivity contribution in [1.29, 1.82) is 0 Å². The molecule has 0 saturated heterocycles. The van der Waals surface area contributed by atoms with E-state index in [0.717, 1.165) is 0 Å². The van der Waals surface area contributed by atoms with E-state index in [1.54, 1.807) is 21.5 Å². The molecule has 0 spiro atoms. The van der Waals surface area contributed by atoms with Crippen molar-refractivity contribution >= 4 is 8.07 Å². The fourth-order valence-corrected chi connectivity index (χ4v) is 5.93. The van der Waals surface area contributed by atoms with Gasteiger partial charge in [-0.25, -0.2) is 0 Å². The first-order chi connectivity index (χ1) is 9.07. The van der Waals surface area contributed by atoms with E-state index in [0.29, 0.717) is 0 Å². The van der Waals surface area contributed by atoms with E-state index in [2.05, 4.69) is 51.2 Å². The topological polar surface area (TPSA) is 0 Å². The number of hydrogen-bond donors (Lipinski definition) is 0. The summed E-state index contributed by atoms with van der Waals surface area (Å²) in [6, 6.07) is 0. The Morgan fingerprint density at radius 2 is 1.74 bits per heavy atom. The summed E-state index contributed by atoms with van der Waals surface area (Å²) in [5.74, 6) is 0. The van der Waals surface area contributed by atoms with Gasteiger partial charge in [-0.3, -0.25) is 0 Å². The van der Waals surface area contributed by atoms with Crippen molar-refractivity contribution in [3.63, 3.8) is 0 Å². The summed E-state index contributed by atoms with van der Waals surface area (Å²) >= 11 is 0. The molecule has 0 aromatic rings. The van der Waals surface area contributed by atoms with Crippen molar-refractivity contribution in [3.05, 3.63) is 45.8 Å². The summed E-state index contributed by atoms with van der Waals surface area (Å²) in [7, 11) is -1.36. The maximum Gasteiger partial charge on any atom is 0.103 e. The molecule has 0 bridgehead atoms. The van der Waals surface area contributed by atoms with Crippen LogP contribution in [0.2, 0.25) is 13.1 Å². The zero-order chi connectivity index (χ0) is 13.9. The van der Waals surface area contributed by atoms with Gasteiger partial charge in [0.05, 0.1) is 0 Å². The fraction of sp³-hybridized carbons (Fsp3) is 0.556. The molecule has 2 aliphatic rings. The van der Waals surface area contributed by atoms with Crippen LogP contribution in [0.25, 0.3) is 0 Å². The van der Waals surface area contributed by atoms with E-state index in [1.807, 2.05) is 0 Å². The molecule has 0 aliphatic heterocycles. The van der Waals surface area contributed by atoms with Crippen LogP contribution in [0.5, 0.6) is 0 Å². The normalized spacial score (nSPS) is 19.2. The lowest BCUT2D eigenvalue weighted by Gasteiger charge is -2.26. The Bertz CT molecular complexity index is 458. The van der Waals surface area contributed by atoms with Crippen LogP contribution in [-0.2, 0) is 0 Å². The van der Waals surface area contributed by atoms with Gasteiger partial charge in [-0.15, -0.1) is 0 Å². The Hall–Kier alpha value is -0.823. The molecule has 0 unspecified atom stereocenters. The molecule has 0 fully saturated rings. The number of rotatable bonds is 6. The van der Waals surface area contributed by atoms with Crippen LogP contribution in [0, 0.1) is 0 Å². The van der Waals surface area contributed by atoms with E-state index in [4.69, 9.17) is 0 Å².